The van der Waals surface area contributed by atoms with Gasteiger partial charge in [-0.15, -0.1) is 0 Å². The molecule has 0 atom stereocenters. The Balaban J connectivity index is 1.89. The molecule has 82 valence electrons. The first kappa shape index (κ1) is 11.2. The molecule has 0 unspecified atom stereocenters. The van der Waals surface area contributed by atoms with E-state index in [1.165, 1.54) is 42.4 Å². The van der Waals surface area contributed by atoms with Crippen LogP contribution in [0, 0.1) is 5.92 Å². The van der Waals surface area contributed by atoms with Crippen LogP contribution in [0.25, 0.3) is 0 Å². The van der Waals surface area contributed by atoms with Gasteiger partial charge in [-0.05, 0) is 63.0 Å². The molecule has 0 spiro atoms. The van der Waals surface area contributed by atoms with Gasteiger partial charge in [0.1, 0.15) is 0 Å². The third kappa shape index (κ3) is 3.32. The molecule has 1 aliphatic heterocycles. The number of benzene rings is 1. The van der Waals surface area contributed by atoms with Crippen LogP contribution in [0.3, 0.4) is 0 Å². The molecular weight excluding hydrogens is 250 g/mol. The third-order valence-corrected chi connectivity index (χ3v) is 3.80. The van der Waals surface area contributed by atoms with Crippen molar-refractivity contribution in [3.8, 4) is 0 Å². The molecule has 2 rings (SSSR count). The molecule has 1 aliphatic rings. The van der Waals surface area contributed by atoms with Gasteiger partial charge >= 0.3 is 0 Å². The van der Waals surface area contributed by atoms with Gasteiger partial charge in [0.15, 0.2) is 0 Å². The summed E-state index contributed by atoms with van der Waals surface area (Å²) in [4.78, 5) is 2.43. The van der Waals surface area contributed by atoms with Crippen molar-refractivity contribution in [1.29, 1.82) is 0 Å². The zero-order valence-corrected chi connectivity index (χ0v) is 10.8. The Hall–Kier alpha value is -0.340. The van der Waals surface area contributed by atoms with Crippen molar-refractivity contribution in [3.63, 3.8) is 0 Å². The summed E-state index contributed by atoms with van der Waals surface area (Å²) in [5.74, 6) is 0.891. The van der Waals surface area contributed by atoms with Crippen molar-refractivity contribution >= 4 is 15.9 Å². The molecule has 1 aromatic rings. The summed E-state index contributed by atoms with van der Waals surface area (Å²) in [6.07, 6.45) is 3.96. The molecule has 1 fully saturated rings. The quantitative estimate of drug-likeness (QED) is 0.795. The van der Waals surface area contributed by atoms with Crippen molar-refractivity contribution in [2.24, 2.45) is 5.92 Å². The maximum absolute atomic E-state index is 3.47. The van der Waals surface area contributed by atoms with E-state index in [0.29, 0.717) is 0 Å². The maximum Gasteiger partial charge on any atom is 0.0175 e. The molecule has 1 heterocycles. The number of hydrogen-bond donors (Lipinski definition) is 0. The van der Waals surface area contributed by atoms with Crippen LogP contribution in [0.2, 0.25) is 0 Å². The molecule has 1 saturated heterocycles. The summed E-state index contributed by atoms with van der Waals surface area (Å²) >= 11 is 3.47. The van der Waals surface area contributed by atoms with E-state index in [1.54, 1.807) is 0 Å². The van der Waals surface area contributed by atoms with E-state index in [9.17, 15) is 0 Å². The van der Waals surface area contributed by atoms with Gasteiger partial charge in [-0.3, -0.25) is 0 Å². The number of piperidine rings is 1. The Morgan fingerprint density at radius 1 is 1.20 bits per heavy atom. The van der Waals surface area contributed by atoms with Gasteiger partial charge in [-0.2, -0.15) is 0 Å². The molecule has 15 heavy (non-hydrogen) atoms. The van der Waals surface area contributed by atoms with Gasteiger partial charge in [0.2, 0.25) is 0 Å². The van der Waals surface area contributed by atoms with Gasteiger partial charge in [-0.1, -0.05) is 28.1 Å². The number of hydrogen-bond acceptors (Lipinski definition) is 1. The molecule has 0 bridgehead atoms. The van der Waals surface area contributed by atoms with Crippen LogP contribution in [-0.2, 0) is 6.42 Å². The minimum Gasteiger partial charge on any atom is -0.306 e. The SMILES string of the molecule is CN1CCC(Cc2ccc(Br)cc2)CC1. The topological polar surface area (TPSA) is 3.24 Å². The van der Waals surface area contributed by atoms with E-state index in [2.05, 4.69) is 52.1 Å². The molecule has 1 aromatic carbocycles. The highest BCUT2D eigenvalue weighted by Crippen LogP contribution is 2.21. The molecule has 0 aliphatic carbocycles. The van der Waals surface area contributed by atoms with Crippen molar-refractivity contribution in [1.82, 2.24) is 4.90 Å². The van der Waals surface area contributed by atoms with Gasteiger partial charge in [0, 0.05) is 4.47 Å². The highest BCUT2D eigenvalue weighted by atomic mass is 79.9. The van der Waals surface area contributed by atoms with Crippen LogP contribution in [0.4, 0.5) is 0 Å². The van der Waals surface area contributed by atoms with Crippen molar-refractivity contribution in [2.45, 2.75) is 19.3 Å². The van der Waals surface area contributed by atoms with Crippen molar-refractivity contribution in [2.75, 3.05) is 20.1 Å². The van der Waals surface area contributed by atoms with Gasteiger partial charge < -0.3 is 4.90 Å². The Morgan fingerprint density at radius 3 is 2.40 bits per heavy atom. The van der Waals surface area contributed by atoms with E-state index >= 15 is 0 Å². The summed E-state index contributed by atoms with van der Waals surface area (Å²) in [7, 11) is 2.22. The fourth-order valence-corrected chi connectivity index (χ4v) is 2.48. The summed E-state index contributed by atoms with van der Waals surface area (Å²) < 4.78 is 1.18. The highest BCUT2D eigenvalue weighted by molar-refractivity contribution is 9.10. The zero-order valence-electron chi connectivity index (χ0n) is 9.25. The van der Waals surface area contributed by atoms with E-state index in [4.69, 9.17) is 0 Å². The number of rotatable bonds is 2. The lowest BCUT2D eigenvalue weighted by atomic mass is 9.90. The van der Waals surface area contributed by atoms with Crippen LogP contribution in [0.15, 0.2) is 28.7 Å². The van der Waals surface area contributed by atoms with Crippen LogP contribution < -0.4 is 0 Å². The zero-order chi connectivity index (χ0) is 10.7. The molecule has 0 aromatic heterocycles. The summed E-state index contributed by atoms with van der Waals surface area (Å²) in [5, 5.41) is 0. The molecule has 1 nitrogen and oxygen atoms in total. The number of halogens is 1. The molecular formula is C13H18BrN. The Bertz CT molecular complexity index is 299. The lowest BCUT2D eigenvalue weighted by Gasteiger charge is -2.28. The van der Waals surface area contributed by atoms with E-state index in [-0.39, 0.29) is 0 Å². The van der Waals surface area contributed by atoms with E-state index in [1.807, 2.05) is 0 Å². The Labute approximate surface area is 101 Å². The largest absolute Gasteiger partial charge is 0.306 e. The summed E-state index contributed by atoms with van der Waals surface area (Å²) in [6.45, 7) is 2.53. The first-order valence-electron chi connectivity index (χ1n) is 5.67. The minimum absolute atomic E-state index is 0.891. The predicted molar refractivity (Wildman–Crippen MR) is 68.1 cm³/mol. The normalized spacial score (nSPS) is 19.3. The standard InChI is InChI=1S/C13H18BrN/c1-15-8-6-12(7-9-15)10-11-2-4-13(14)5-3-11/h2-5,12H,6-10H2,1H3. The molecule has 2 heteroatoms. The third-order valence-electron chi connectivity index (χ3n) is 3.28. The lowest BCUT2D eigenvalue weighted by Crippen LogP contribution is -2.30. The average Bonchev–Trinajstić information content (AvgIpc) is 2.25. The van der Waals surface area contributed by atoms with E-state index < -0.39 is 0 Å². The Morgan fingerprint density at radius 2 is 1.80 bits per heavy atom. The average molecular weight is 268 g/mol. The fourth-order valence-electron chi connectivity index (χ4n) is 2.22. The minimum atomic E-state index is 0.891. The number of nitrogens with zero attached hydrogens (tertiary/aromatic N) is 1. The Kier molecular flexibility index (Phi) is 3.81. The summed E-state index contributed by atoms with van der Waals surface area (Å²) in [6, 6.07) is 8.76. The maximum atomic E-state index is 3.47. The van der Waals surface area contributed by atoms with Gasteiger partial charge in [-0.25, -0.2) is 0 Å². The molecule has 0 amide bonds. The fraction of sp³-hybridized carbons (Fsp3) is 0.538. The second kappa shape index (κ2) is 5.13. The van der Waals surface area contributed by atoms with Crippen LogP contribution in [0.1, 0.15) is 18.4 Å². The monoisotopic (exact) mass is 267 g/mol. The smallest absolute Gasteiger partial charge is 0.0175 e. The van der Waals surface area contributed by atoms with Crippen LogP contribution >= 0.6 is 15.9 Å². The predicted octanol–water partition coefficient (Wildman–Crippen LogP) is 3.33. The van der Waals surface area contributed by atoms with Crippen molar-refractivity contribution < 1.29 is 0 Å². The first-order chi connectivity index (χ1) is 7.24. The first-order valence-corrected chi connectivity index (χ1v) is 6.46. The number of likely N-dealkylation sites (tertiary alicyclic amines) is 1. The second-order valence-corrected chi connectivity index (χ2v) is 5.49. The molecule has 0 saturated carbocycles. The lowest BCUT2D eigenvalue weighted by molar-refractivity contribution is 0.219. The molecule has 0 radical (unpaired) electrons. The van der Waals surface area contributed by atoms with E-state index in [0.717, 1.165) is 5.92 Å². The van der Waals surface area contributed by atoms with Crippen molar-refractivity contribution in [3.05, 3.63) is 34.3 Å². The molecule has 0 N–H and O–H groups in total. The second-order valence-electron chi connectivity index (χ2n) is 4.58. The summed E-state index contributed by atoms with van der Waals surface area (Å²) in [5.41, 5.74) is 1.48. The van der Waals surface area contributed by atoms with Crippen LogP contribution in [0.5, 0.6) is 0 Å². The van der Waals surface area contributed by atoms with Gasteiger partial charge in [0.05, 0.1) is 0 Å². The van der Waals surface area contributed by atoms with Gasteiger partial charge in [0.25, 0.3) is 0 Å². The van der Waals surface area contributed by atoms with Crippen LogP contribution in [-0.4, -0.2) is 25.0 Å². The highest BCUT2D eigenvalue weighted by Gasteiger charge is 2.16.